The van der Waals surface area contributed by atoms with Gasteiger partial charge in [0.05, 0.1) is 18.2 Å². The van der Waals surface area contributed by atoms with E-state index in [4.69, 9.17) is 9.05 Å². The van der Waals surface area contributed by atoms with Gasteiger partial charge in [-0.3, -0.25) is 4.79 Å². The third-order valence-corrected chi connectivity index (χ3v) is 4.33. The lowest BCUT2D eigenvalue weighted by atomic mass is 10.1. The quantitative estimate of drug-likeness (QED) is 0.855. The van der Waals surface area contributed by atoms with Crippen molar-refractivity contribution in [1.29, 1.82) is 0 Å². The van der Waals surface area contributed by atoms with E-state index in [1.54, 1.807) is 6.07 Å². The molecular formula is C17H24N4O3. The van der Waals surface area contributed by atoms with Crippen LogP contribution in [-0.2, 0) is 11.2 Å². The van der Waals surface area contributed by atoms with Gasteiger partial charge in [0, 0.05) is 18.5 Å². The molecule has 0 spiro atoms. The van der Waals surface area contributed by atoms with Crippen molar-refractivity contribution in [2.75, 3.05) is 6.54 Å². The maximum Gasteiger partial charge on any atom is 0.229 e. The second-order valence-corrected chi connectivity index (χ2v) is 6.70. The third kappa shape index (κ3) is 3.66. The largest absolute Gasteiger partial charge is 0.361 e. The maximum atomic E-state index is 12.8. The van der Waals surface area contributed by atoms with Gasteiger partial charge in [-0.2, -0.15) is 4.98 Å². The van der Waals surface area contributed by atoms with Crippen molar-refractivity contribution in [1.82, 2.24) is 20.2 Å². The molecular weight excluding hydrogens is 308 g/mol. The molecule has 0 aromatic carbocycles. The molecule has 130 valence electrons. The van der Waals surface area contributed by atoms with Crippen molar-refractivity contribution in [2.45, 2.75) is 64.8 Å². The SMILES string of the molecule is Cc1cc(CC(=O)N2CCCCCC2c2noc(C(C)C)n2)no1. The van der Waals surface area contributed by atoms with E-state index in [1.165, 1.54) is 0 Å². The zero-order valence-electron chi connectivity index (χ0n) is 14.5. The van der Waals surface area contributed by atoms with Crippen LogP contribution in [0.2, 0.25) is 0 Å². The monoisotopic (exact) mass is 332 g/mol. The van der Waals surface area contributed by atoms with Crippen LogP contribution >= 0.6 is 0 Å². The first-order valence-corrected chi connectivity index (χ1v) is 8.59. The van der Waals surface area contributed by atoms with E-state index >= 15 is 0 Å². The molecule has 1 saturated heterocycles. The Morgan fingerprint density at radius 2 is 2.12 bits per heavy atom. The molecule has 1 fully saturated rings. The summed E-state index contributed by atoms with van der Waals surface area (Å²) in [6.07, 6.45) is 4.26. The molecule has 1 atom stereocenters. The molecule has 0 bridgehead atoms. The van der Waals surface area contributed by atoms with E-state index in [0.29, 0.717) is 29.7 Å². The molecule has 0 N–H and O–H groups in total. The highest BCUT2D eigenvalue weighted by atomic mass is 16.5. The van der Waals surface area contributed by atoms with Crippen LogP contribution in [0, 0.1) is 6.92 Å². The number of hydrogen-bond donors (Lipinski definition) is 0. The molecule has 7 heteroatoms. The van der Waals surface area contributed by atoms with Gasteiger partial charge < -0.3 is 13.9 Å². The van der Waals surface area contributed by atoms with Gasteiger partial charge in [-0.05, 0) is 19.8 Å². The average Bonchev–Trinajstić information content (AvgIpc) is 3.10. The zero-order valence-corrected chi connectivity index (χ0v) is 14.5. The molecule has 3 rings (SSSR count). The predicted molar refractivity (Wildman–Crippen MR) is 86.3 cm³/mol. The highest BCUT2D eigenvalue weighted by molar-refractivity contribution is 5.78. The fraction of sp³-hybridized carbons (Fsp3) is 0.647. The highest BCUT2D eigenvalue weighted by Crippen LogP contribution is 2.29. The fourth-order valence-corrected chi connectivity index (χ4v) is 3.05. The van der Waals surface area contributed by atoms with E-state index < -0.39 is 0 Å². The fourth-order valence-electron chi connectivity index (χ4n) is 3.05. The smallest absolute Gasteiger partial charge is 0.229 e. The van der Waals surface area contributed by atoms with Gasteiger partial charge >= 0.3 is 0 Å². The van der Waals surface area contributed by atoms with E-state index in [1.807, 2.05) is 25.7 Å². The summed E-state index contributed by atoms with van der Waals surface area (Å²) in [6, 6.07) is 1.68. The van der Waals surface area contributed by atoms with E-state index in [9.17, 15) is 4.79 Å². The van der Waals surface area contributed by atoms with Gasteiger partial charge in [-0.25, -0.2) is 0 Å². The average molecular weight is 332 g/mol. The first kappa shape index (κ1) is 16.7. The summed E-state index contributed by atoms with van der Waals surface area (Å²) in [5.41, 5.74) is 0.663. The Hall–Kier alpha value is -2.18. The van der Waals surface area contributed by atoms with Crippen LogP contribution in [0.15, 0.2) is 15.1 Å². The van der Waals surface area contributed by atoms with Crippen molar-refractivity contribution in [3.63, 3.8) is 0 Å². The second kappa shape index (κ2) is 7.15. The van der Waals surface area contributed by atoms with Gasteiger partial charge in [-0.15, -0.1) is 0 Å². The molecule has 24 heavy (non-hydrogen) atoms. The lowest BCUT2D eigenvalue weighted by molar-refractivity contribution is -0.133. The minimum absolute atomic E-state index is 0.0334. The number of likely N-dealkylation sites (tertiary alicyclic amines) is 1. The summed E-state index contributed by atoms with van der Waals surface area (Å²) < 4.78 is 10.4. The lowest BCUT2D eigenvalue weighted by Gasteiger charge is -2.27. The summed E-state index contributed by atoms with van der Waals surface area (Å²) >= 11 is 0. The number of amides is 1. The normalized spacial score (nSPS) is 18.8. The first-order valence-electron chi connectivity index (χ1n) is 8.59. The lowest BCUT2D eigenvalue weighted by Crippen LogP contribution is -2.36. The molecule has 1 aliphatic heterocycles. The van der Waals surface area contributed by atoms with Crippen LogP contribution in [0.25, 0.3) is 0 Å². The minimum Gasteiger partial charge on any atom is -0.361 e. The molecule has 2 aromatic rings. The summed E-state index contributed by atoms with van der Waals surface area (Å²) in [5, 5.41) is 8.06. The van der Waals surface area contributed by atoms with E-state index in [2.05, 4.69) is 15.3 Å². The molecule has 0 saturated carbocycles. The second-order valence-electron chi connectivity index (χ2n) is 6.70. The Kier molecular flexibility index (Phi) is 4.97. The van der Waals surface area contributed by atoms with Gasteiger partial charge in [0.15, 0.2) is 5.82 Å². The summed E-state index contributed by atoms with van der Waals surface area (Å²) in [7, 11) is 0. The van der Waals surface area contributed by atoms with E-state index in [0.717, 1.165) is 25.7 Å². The van der Waals surface area contributed by atoms with Crippen LogP contribution in [0.5, 0.6) is 0 Å². The maximum absolute atomic E-state index is 12.8. The van der Waals surface area contributed by atoms with Gasteiger partial charge in [-0.1, -0.05) is 37.0 Å². The summed E-state index contributed by atoms with van der Waals surface area (Å²) in [5.74, 6) is 2.16. The number of rotatable bonds is 4. The standard InChI is InChI=1S/C17H24N4O3/c1-11(2)17-18-16(20-24-17)14-7-5-4-6-8-21(14)15(22)10-13-9-12(3)23-19-13/h9,11,14H,4-8,10H2,1-3H3. The number of nitrogens with zero attached hydrogens (tertiary/aromatic N) is 4. The van der Waals surface area contributed by atoms with Gasteiger partial charge in [0.25, 0.3) is 0 Å². The number of carbonyl (C=O) groups is 1. The molecule has 0 aliphatic carbocycles. The van der Waals surface area contributed by atoms with Crippen molar-refractivity contribution in [3.05, 3.63) is 29.2 Å². The number of carbonyl (C=O) groups excluding carboxylic acids is 1. The van der Waals surface area contributed by atoms with Crippen molar-refractivity contribution in [3.8, 4) is 0 Å². The van der Waals surface area contributed by atoms with Crippen molar-refractivity contribution >= 4 is 5.91 Å². The van der Waals surface area contributed by atoms with Crippen LogP contribution in [-0.4, -0.2) is 32.6 Å². The Morgan fingerprint density at radius 1 is 1.29 bits per heavy atom. The van der Waals surface area contributed by atoms with Crippen molar-refractivity contribution in [2.24, 2.45) is 0 Å². The van der Waals surface area contributed by atoms with Gasteiger partial charge in [0.2, 0.25) is 11.8 Å². The summed E-state index contributed by atoms with van der Waals surface area (Å²) in [4.78, 5) is 19.2. The molecule has 1 aliphatic rings. The number of aryl methyl sites for hydroxylation is 1. The predicted octanol–water partition coefficient (Wildman–Crippen LogP) is 3.18. The Balaban J connectivity index is 1.79. The van der Waals surface area contributed by atoms with Crippen molar-refractivity contribution < 1.29 is 13.8 Å². The summed E-state index contributed by atoms with van der Waals surface area (Å²) in [6.45, 7) is 6.56. The molecule has 0 radical (unpaired) electrons. The highest BCUT2D eigenvalue weighted by Gasteiger charge is 2.31. The molecule has 1 amide bonds. The number of hydrogen-bond acceptors (Lipinski definition) is 6. The number of aromatic nitrogens is 3. The molecule has 1 unspecified atom stereocenters. The van der Waals surface area contributed by atoms with Crippen LogP contribution in [0.4, 0.5) is 0 Å². The Morgan fingerprint density at radius 3 is 2.79 bits per heavy atom. The molecule has 3 heterocycles. The Bertz CT molecular complexity index is 692. The molecule has 2 aromatic heterocycles. The van der Waals surface area contributed by atoms with Crippen LogP contribution < -0.4 is 0 Å². The first-order chi connectivity index (χ1) is 11.5. The van der Waals surface area contributed by atoms with Gasteiger partial charge in [0.1, 0.15) is 5.76 Å². The van der Waals surface area contributed by atoms with E-state index in [-0.39, 0.29) is 24.3 Å². The third-order valence-electron chi connectivity index (χ3n) is 4.33. The zero-order chi connectivity index (χ0) is 17.1. The van der Waals surface area contributed by atoms with Crippen LogP contribution in [0.3, 0.4) is 0 Å². The topological polar surface area (TPSA) is 85.3 Å². The van der Waals surface area contributed by atoms with Crippen LogP contribution in [0.1, 0.15) is 74.7 Å². The molecule has 7 nitrogen and oxygen atoms in total. The minimum atomic E-state index is -0.121. The Labute approximate surface area is 141 Å².